The number of hydrogen-bond acceptors (Lipinski definition) is 2. The van der Waals surface area contributed by atoms with Gasteiger partial charge in [-0.1, -0.05) is 23.8 Å². The second-order valence-corrected chi connectivity index (χ2v) is 6.04. The van der Waals surface area contributed by atoms with Gasteiger partial charge >= 0.3 is 6.18 Å². The first-order chi connectivity index (χ1) is 9.72. The van der Waals surface area contributed by atoms with Crippen LogP contribution in [0.4, 0.5) is 13.2 Å². The Labute approximate surface area is 121 Å². The first-order valence-electron chi connectivity index (χ1n) is 6.95. The van der Waals surface area contributed by atoms with Crippen LogP contribution in [0, 0.1) is 13.8 Å². The van der Waals surface area contributed by atoms with E-state index in [4.69, 9.17) is 0 Å². The Morgan fingerprint density at radius 3 is 2.57 bits per heavy atom. The van der Waals surface area contributed by atoms with E-state index in [1.807, 2.05) is 32.0 Å². The van der Waals surface area contributed by atoms with Crippen molar-refractivity contribution in [1.29, 1.82) is 0 Å². The van der Waals surface area contributed by atoms with Crippen molar-refractivity contribution in [2.24, 2.45) is 0 Å². The molecule has 1 aromatic rings. The summed E-state index contributed by atoms with van der Waals surface area (Å²) in [7, 11) is 0. The van der Waals surface area contributed by atoms with Gasteiger partial charge in [0.05, 0.1) is 0 Å². The fraction of sp³-hybridized carbons (Fsp3) is 0.533. The molecule has 114 valence electrons. The SMILES string of the molecule is Cc1ccc(C)c(C2NC3(CC3)C(=O)N2CC(F)(F)F)c1. The minimum absolute atomic E-state index is 0.425. The number of rotatable bonds is 2. The molecule has 1 spiro atoms. The van der Waals surface area contributed by atoms with E-state index in [0.29, 0.717) is 12.8 Å². The zero-order valence-electron chi connectivity index (χ0n) is 11.9. The highest BCUT2D eigenvalue weighted by Gasteiger charge is 2.60. The lowest BCUT2D eigenvalue weighted by Crippen LogP contribution is -2.39. The zero-order chi connectivity index (χ0) is 15.4. The Morgan fingerprint density at radius 1 is 1.33 bits per heavy atom. The molecule has 1 N–H and O–H groups in total. The van der Waals surface area contributed by atoms with E-state index in [0.717, 1.165) is 21.6 Å². The molecule has 1 aliphatic heterocycles. The molecule has 2 fully saturated rings. The fourth-order valence-electron chi connectivity index (χ4n) is 2.93. The number of nitrogens with zero attached hydrogens (tertiary/aromatic N) is 1. The molecule has 0 radical (unpaired) electrons. The maximum absolute atomic E-state index is 12.8. The Kier molecular flexibility index (Phi) is 3.06. The highest BCUT2D eigenvalue weighted by molar-refractivity contribution is 5.92. The molecular formula is C15H17F3N2O. The molecule has 1 atom stereocenters. The molecule has 0 bridgehead atoms. The molecule has 2 aliphatic rings. The monoisotopic (exact) mass is 298 g/mol. The van der Waals surface area contributed by atoms with Gasteiger partial charge in [0.2, 0.25) is 5.91 Å². The molecule has 1 aliphatic carbocycles. The average Bonchev–Trinajstić information content (AvgIpc) is 3.11. The third kappa shape index (κ3) is 2.52. The largest absolute Gasteiger partial charge is 0.406 e. The number of carbonyl (C=O) groups excluding carboxylic acids is 1. The van der Waals surface area contributed by atoms with Gasteiger partial charge in [-0.25, -0.2) is 0 Å². The van der Waals surface area contributed by atoms with Crippen LogP contribution in [-0.4, -0.2) is 29.1 Å². The van der Waals surface area contributed by atoms with Crippen LogP contribution < -0.4 is 5.32 Å². The number of halogens is 3. The highest BCUT2D eigenvalue weighted by Crippen LogP contribution is 2.47. The maximum atomic E-state index is 12.8. The second-order valence-electron chi connectivity index (χ2n) is 6.04. The van der Waals surface area contributed by atoms with Crippen LogP contribution in [0.2, 0.25) is 0 Å². The fourth-order valence-corrected chi connectivity index (χ4v) is 2.93. The van der Waals surface area contributed by atoms with Crippen molar-refractivity contribution in [3.63, 3.8) is 0 Å². The minimum atomic E-state index is -4.40. The van der Waals surface area contributed by atoms with Gasteiger partial charge in [-0.05, 0) is 37.8 Å². The topological polar surface area (TPSA) is 32.3 Å². The summed E-state index contributed by atoms with van der Waals surface area (Å²) < 4.78 is 38.4. The van der Waals surface area contributed by atoms with Crippen LogP contribution in [0.5, 0.6) is 0 Å². The van der Waals surface area contributed by atoms with E-state index in [2.05, 4.69) is 5.32 Å². The predicted molar refractivity (Wildman–Crippen MR) is 71.5 cm³/mol. The van der Waals surface area contributed by atoms with Crippen molar-refractivity contribution < 1.29 is 18.0 Å². The standard InChI is InChI=1S/C15H17F3N2O/c1-9-3-4-10(2)11(7-9)12-19-14(5-6-14)13(21)20(12)8-15(16,17)18/h3-4,7,12,19H,5-6,8H2,1-2H3. The predicted octanol–water partition coefficient (Wildman–Crippen LogP) is 2.83. The van der Waals surface area contributed by atoms with E-state index in [-0.39, 0.29) is 0 Å². The van der Waals surface area contributed by atoms with Crippen molar-refractivity contribution in [2.45, 2.75) is 44.6 Å². The first-order valence-corrected chi connectivity index (χ1v) is 6.95. The summed E-state index contributed by atoms with van der Waals surface area (Å²) in [6, 6.07) is 5.64. The molecule has 1 saturated heterocycles. The third-order valence-electron chi connectivity index (χ3n) is 4.22. The summed E-state index contributed by atoms with van der Waals surface area (Å²) in [6.07, 6.45) is -3.86. The van der Waals surface area contributed by atoms with Crippen LogP contribution in [0.3, 0.4) is 0 Å². The number of benzene rings is 1. The summed E-state index contributed by atoms with van der Waals surface area (Å²) in [6.45, 7) is 2.53. The summed E-state index contributed by atoms with van der Waals surface area (Å²) in [5.74, 6) is -0.425. The highest BCUT2D eigenvalue weighted by atomic mass is 19.4. The summed E-state index contributed by atoms with van der Waals surface area (Å²) >= 11 is 0. The Bertz CT molecular complexity index is 593. The molecule has 6 heteroatoms. The summed E-state index contributed by atoms with van der Waals surface area (Å²) in [5, 5.41) is 3.12. The van der Waals surface area contributed by atoms with Crippen molar-refractivity contribution in [1.82, 2.24) is 10.2 Å². The van der Waals surface area contributed by atoms with Crippen molar-refractivity contribution in [3.05, 3.63) is 34.9 Å². The molecule has 1 unspecified atom stereocenters. The number of alkyl halides is 3. The maximum Gasteiger partial charge on any atom is 0.406 e. The summed E-state index contributed by atoms with van der Waals surface area (Å²) in [5.41, 5.74) is 1.84. The molecule has 1 aromatic carbocycles. The van der Waals surface area contributed by atoms with Gasteiger partial charge in [-0.3, -0.25) is 10.1 Å². The van der Waals surface area contributed by atoms with Gasteiger partial charge in [0.15, 0.2) is 0 Å². The number of hydrogen-bond donors (Lipinski definition) is 1. The zero-order valence-corrected chi connectivity index (χ0v) is 11.9. The van der Waals surface area contributed by atoms with E-state index in [9.17, 15) is 18.0 Å². The average molecular weight is 298 g/mol. The van der Waals surface area contributed by atoms with Gasteiger partial charge in [0, 0.05) is 0 Å². The van der Waals surface area contributed by atoms with Crippen LogP contribution in [0.15, 0.2) is 18.2 Å². The molecule has 3 rings (SSSR count). The van der Waals surface area contributed by atoms with Crippen LogP contribution in [0.1, 0.15) is 35.7 Å². The Hall–Kier alpha value is -1.56. The van der Waals surface area contributed by atoms with Gasteiger partial charge in [-0.15, -0.1) is 0 Å². The van der Waals surface area contributed by atoms with Crippen LogP contribution >= 0.6 is 0 Å². The lowest BCUT2D eigenvalue weighted by atomic mass is 10.0. The number of aryl methyl sites for hydroxylation is 2. The molecule has 1 amide bonds. The lowest BCUT2D eigenvalue weighted by molar-refractivity contribution is -0.162. The molecule has 21 heavy (non-hydrogen) atoms. The van der Waals surface area contributed by atoms with Gasteiger partial charge < -0.3 is 4.90 Å². The summed E-state index contributed by atoms with van der Waals surface area (Å²) in [4.78, 5) is 13.2. The normalized spacial score (nSPS) is 24.0. The van der Waals surface area contributed by atoms with E-state index in [1.54, 1.807) is 0 Å². The quantitative estimate of drug-likeness (QED) is 0.910. The first kappa shape index (κ1) is 14.4. The van der Waals surface area contributed by atoms with Gasteiger partial charge in [0.1, 0.15) is 18.2 Å². The van der Waals surface area contributed by atoms with Gasteiger partial charge in [-0.2, -0.15) is 13.2 Å². The Balaban J connectivity index is 1.98. The minimum Gasteiger partial charge on any atom is -0.312 e. The molecular weight excluding hydrogens is 281 g/mol. The number of nitrogens with one attached hydrogen (secondary N) is 1. The van der Waals surface area contributed by atoms with Gasteiger partial charge in [0.25, 0.3) is 0 Å². The Morgan fingerprint density at radius 2 is 2.00 bits per heavy atom. The van der Waals surface area contributed by atoms with Crippen LogP contribution in [0.25, 0.3) is 0 Å². The number of carbonyl (C=O) groups is 1. The molecule has 0 aromatic heterocycles. The number of amides is 1. The van der Waals surface area contributed by atoms with Crippen LogP contribution in [-0.2, 0) is 4.79 Å². The molecule has 1 saturated carbocycles. The van der Waals surface area contributed by atoms with Crippen molar-refractivity contribution in [3.8, 4) is 0 Å². The smallest absolute Gasteiger partial charge is 0.312 e. The van der Waals surface area contributed by atoms with E-state index >= 15 is 0 Å². The molecule has 3 nitrogen and oxygen atoms in total. The van der Waals surface area contributed by atoms with Crippen molar-refractivity contribution >= 4 is 5.91 Å². The third-order valence-corrected chi connectivity index (χ3v) is 4.22. The van der Waals surface area contributed by atoms with E-state index < -0.39 is 30.3 Å². The lowest BCUT2D eigenvalue weighted by Gasteiger charge is -2.27. The van der Waals surface area contributed by atoms with E-state index in [1.165, 1.54) is 0 Å². The molecule has 1 heterocycles. The second kappa shape index (κ2) is 4.47. The van der Waals surface area contributed by atoms with Crippen molar-refractivity contribution in [2.75, 3.05) is 6.54 Å².